The van der Waals surface area contributed by atoms with Gasteiger partial charge in [-0.15, -0.1) is 0 Å². The van der Waals surface area contributed by atoms with Crippen LogP contribution in [0.1, 0.15) is 34.5 Å². The molecule has 0 saturated carbocycles. The van der Waals surface area contributed by atoms with Crippen molar-refractivity contribution in [3.05, 3.63) is 53.7 Å². The van der Waals surface area contributed by atoms with Crippen molar-refractivity contribution >= 4 is 5.91 Å². The topological polar surface area (TPSA) is 64.8 Å². The lowest BCUT2D eigenvalue weighted by Crippen LogP contribution is -2.43. The summed E-state index contributed by atoms with van der Waals surface area (Å²) < 4.78 is 17.5. The quantitative estimate of drug-likeness (QED) is 0.854. The Hall–Kier alpha value is -2.18. The number of carbonyl (C=O) groups is 1. The summed E-state index contributed by atoms with van der Waals surface area (Å²) >= 11 is 0. The number of carbonyl (C=O) groups excluding carboxylic acids is 1. The van der Waals surface area contributed by atoms with Gasteiger partial charge >= 0.3 is 0 Å². The molecule has 2 aromatic heterocycles. The molecule has 1 amide bonds. The number of rotatable bonds is 4. The Bertz CT molecular complexity index is 730. The molecule has 4 heterocycles. The molecule has 2 aromatic rings. The molecule has 4 rings (SSSR count). The van der Waals surface area contributed by atoms with E-state index in [1.807, 2.05) is 30.0 Å². The van der Waals surface area contributed by atoms with Crippen molar-refractivity contribution in [3.8, 4) is 0 Å². The van der Waals surface area contributed by atoms with E-state index in [2.05, 4.69) is 4.98 Å². The Morgan fingerprint density at radius 1 is 1.44 bits per heavy atom. The first-order valence-electron chi connectivity index (χ1n) is 8.71. The molecule has 6 nitrogen and oxygen atoms in total. The van der Waals surface area contributed by atoms with E-state index < -0.39 is 0 Å². The second-order valence-electron chi connectivity index (χ2n) is 6.65. The molecule has 25 heavy (non-hydrogen) atoms. The van der Waals surface area contributed by atoms with Gasteiger partial charge in [0.05, 0.1) is 25.5 Å². The number of aryl methyl sites for hydroxylation is 1. The zero-order valence-corrected chi connectivity index (χ0v) is 14.3. The number of nitrogens with zero attached hydrogens (tertiary/aromatic N) is 2. The normalized spacial score (nSPS) is 25.8. The number of furan rings is 1. The van der Waals surface area contributed by atoms with Crippen LogP contribution in [0.2, 0.25) is 0 Å². The van der Waals surface area contributed by atoms with Crippen molar-refractivity contribution in [2.24, 2.45) is 0 Å². The molecule has 0 spiro atoms. The molecule has 2 fully saturated rings. The lowest BCUT2D eigenvalue weighted by Gasteiger charge is -2.31. The number of pyridine rings is 1. The molecule has 2 aliphatic heterocycles. The van der Waals surface area contributed by atoms with Crippen molar-refractivity contribution < 1.29 is 18.7 Å². The Balaban J connectivity index is 1.49. The second-order valence-corrected chi connectivity index (χ2v) is 6.65. The van der Waals surface area contributed by atoms with Crippen LogP contribution in [-0.2, 0) is 16.1 Å². The predicted molar refractivity (Wildman–Crippen MR) is 90.1 cm³/mol. The van der Waals surface area contributed by atoms with E-state index in [0.717, 1.165) is 30.6 Å². The number of hydrogen-bond acceptors (Lipinski definition) is 5. The lowest BCUT2D eigenvalue weighted by atomic mass is 10.0. The molecule has 6 heteroatoms. The van der Waals surface area contributed by atoms with Gasteiger partial charge in [-0.1, -0.05) is 6.07 Å². The SMILES string of the molecule is Cc1ccoc1C(=O)N1C[C@H](OCc2cccnc2)[C@H]2OCCC[C@H]21. The smallest absolute Gasteiger partial charge is 0.290 e. The van der Waals surface area contributed by atoms with Crippen LogP contribution in [0.25, 0.3) is 0 Å². The highest BCUT2D eigenvalue weighted by atomic mass is 16.5. The molecular formula is C19H22N2O4. The number of fused-ring (bicyclic) bond motifs is 1. The summed E-state index contributed by atoms with van der Waals surface area (Å²) in [6, 6.07) is 5.73. The first-order chi connectivity index (χ1) is 12.2. The van der Waals surface area contributed by atoms with Crippen LogP contribution in [0, 0.1) is 6.92 Å². The fraction of sp³-hybridized carbons (Fsp3) is 0.474. The number of likely N-dealkylation sites (tertiary alicyclic amines) is 1. The maximum atomic E-state index is 12.9. The fourth-order valence-corrected chi connectivity index (χ4v) is 3.70. The van der Waals surface area contributed by atoms with Crippen molar-refractivity contribution in [2.45, 2.75) is 44.6 Å². The minimum atomic E-state index is -0.135. The third-order valence-corrected chi connectivity index (χ3v) is 4.98. The number of aromatic nitrogens is 1. The van der Waals surface area contributed by atoms with E-state index in [1.165, 1.54) is 0 Å². The molecule has 0 aromatic carbocycles. The lowest BCUT2D eigenvalue weighted by molar-refractivity contribution is -0.0810. The van der Waals surface area contributed by atoms with E-state index in [1.54, 1.807) is 18.7 Å². The van der Waals surface area contributed by atoms with Crippen LogP contribution in [0.5, 0.6) is 0 Å². The Kier molecular flexibility index (Phi) is 4.55. The van der Waals surface area contributed by atoms with Gasteiger partial charge in [0.15, 0.2) is 5.76 Å². The maximum Gasteiger partial charge on any atom is 0.290 e. The zero-order valence-electron chi connectivity index (χ0n) is 14.3. The summed E-state index contributed by atoms with van der Waals surface area (Å²) in [5.74, 6) is 0.340. The second kappa shape index (κ2) is 6.98. The van der Waals surface area contributed by atoms with Crippen LogP contribution in [-0.4, -0.2) is 47.2 Å². The first-order valence-corrected chi connectivity index (χ1v) is 8.71. The van der Waals surface area contributed by atoms with Gasteiger partial charge in [-0.2, -0.15) is 0 Å². The largest absolute Gasteiger partial charge is 0.459 e. The molecule has 3 atom stereocenters. The van der Waals surface area contributed by atoms with Crippen molar-refractivity contribution in [1.82, 2.24) is 9.88 Å². The monoisotopic (exact) mass is 342 g/mol. The summed E-state index contributed by atoms with van der Waals surface area (Å²) in [5, 5.41) is 0. The molecule has 0 radical (unpaired) electrons. The molecule has 2 saturated heterocycles. The summed E-state index contributed by atoms with van der Waals surface area (Å²) in [7, 11) is 0. The molecule has 0 bridgehead atoms. The van der Waals surface area contributed by atoms with E-state index in [4.69, 9.17) is 13.9 Å². The van der Waals surface area contributed by atoms with E-state index in [-0.39, 0.29) is 24.2 Å². The van der Waals surface area contributed by atoms with Gasteiger partial charge in [0.1, 0.15) is 12.2 Å². The highest BCUT2D eigenvalue weighted by molar-refractivity contribution is 5.93. The molecule has 2 aliphatic rings. The Labute approximate surface area is 146 Å². The van der Waals surface area contributed by atoms with Gasteiger partial charge in [-0.25, -0.2) is 0 Å². The molecule has 132 valence electrons. The first kappa shape index (κ1) is 16.3. The highest BCUT2D eigenvalue weighted by Crippen LogP contribution is 2.32. The third kappa shape index (κ3) is 3.19. The van der Waals surface area contributed by atoms with Gasteiger partial charge in [-0.05, 0) is 37.5 Å². The van der Waals surface area contributed by atoms with E-state index in [9.17, 15) is 4.79 Å². The minimum Gasteiger partial charge on any atom is -0.459 e. The predicted octanol–water partition coefficient (Wildman–Crippen LogP) is 2.57. The van der Waals surface area contributed by atoms with E-state index >= 15 is 0 Å². The Morgan fingerprint density at radius 2 is 2.36 bits per heavy atom. The Morgan fingerprint density at radius 3 is 3.12 bits per heavy atom. The number of amides is 1. The third-order valence-electron chi connectivity index (χ3n) is 4.98. The number of hydrogen-bond donors (Lipinski definition) is 0. The molecule has 0 unspecified atom stereocenters. The van der Waals surface area contributed by atoms with Crippen molar-refractivity contribution in [3.63, 3.8) is 0 Å². The van der Waals surface area contributed by atoms with Crippen LogP contribution in [0.3, 0.4) is 0 Å². The van der Waals surface area contributed by atoms with Gasteiger partial charge in [0.2, 0.25) is 0 Å². The summed E-state index contributed by atoms with van der Waals surface area (Å²) in [6.07, 6.45) is 6.77. The van der Waals surface area contributed by atoms with Crippen LogP contribution in [0.15, 0.2) is 41.3 Å². The van der Waals surface area contributed by atoms with Gasteiger partial charge in [0, 0.05) is 24.6 Å². The average Bonchev–Trinajstić information content (AvgIpc) is 3.24. The van der Waals surface area contributed by atoms with Crippen LogP contribution < -0.4 is 0 Å². The van der Waals surface area contributed by atoms with Crippen LogP contribution in [0.4, 0.5) is 0 Å². The van der Waals surface area contributed by atoms with E-state index in [0.29, 0.717) is 18.9 Å². The molecule has 0 aliphatic carbocycles. The average molecular weight is 342 g/mol. The van der Waals surface area contributed by atoms with Gasteiger partial charge in [0.25, 0.3) is 5.91 Å². The van der Waals surface area contributed by atoms with Gasteiger partial charge in [-0.3, -0.25) is 9.78 Å². The summed E-state index contributed by atoms with van der Waals surface area (Å²) in [6.45, 7) is 3.59. The summed E-state index contributed by atoms with van der Waals surface area (Å²) in [4.78, 5) is 18.9. The molecule has 0 N–H and O–H groups in total. The maximum absolute atomic E-state index is 12.9. The standard InChI is InChI=1S/C19H22N2O4/c1-13-6-9-24-17(13)19(22)21-11-16(18-15(21)5-3-8-23-18)25-12-14-4-2-7-20-10-14/h2,4,6-7,9-10,15-16,18H,3,5,8,11-12H2,1H3/t15-,16+,18+/m1/s1. The van der Waals surface area contributed by atoms with Crippen molar-refractivity contribution in [1.29, 1.82) is 0 Å². The van der Waals surface area contributed by atoms with Gasteiger partial charge < -0.3 is 18.8 Å². The van der Waals surface area contributed by atoms with Crippen molar-refractivity contribution in [2.75, 3.05) is 13.2 Å². The zero-order chi connectivity index (χ0) is 17.2. The summed E-state index contributed by atoms with van der Waals surface area (Å²) in [5.41, 5.74) is 1.87. The fourth-order valence-electron chi connectivity index (χ4n) is 3.70. The molecular weight excluding hydrogens is 320 g/mol. The minimum absolute atomic E-state index is 0.0460. The highest BCUT2D eigenvalue weighted by Gasteiger charge is 2.47. The van der Waals surface area contributed by atoms with Crippen LogP contribution >= 0.6 is 0 Å². The number of ether oxygens (including phenoxy) is 2.